The van der Waals surface area contributed by atoms with Crippen molar-refractivity contribution in [1.82, 2.24) is 5.48 Å². The fourth-order valence-electron chi connectivity index (χ4n) is 1.86. The fraction of sp³-hybridized carbons (Fsp3) is 0.250. The molecular formula is C12H13NO7. The quantitative estimate of drug-likeness (QED) is 0.270. The third kappa shape index (κ3) is 2.92. The summed E-state index contributed by atoms with van der Waals surface area (Å²) in [6.45, 7) is 0. The third-order valence-corrected chi connectivity index (χ3v) is 2.86. The zero-order valence-corrected chi connectivity index (χ0v) is 10.2. The molecule has 2 unspecified atom stereocenters. The van der Waals surface area contributed by atoms with E-state index in [-0.39, 0.29) is 5.56 Å². The Morgan fingerprint density at radius 1 is 1.15 bits per heavy atom. The Bertz CT molecular complexity index is 516. The number of benzene rings is 1. The van der Waals surface area contributed by atoms with E-state index in [1.807, 2.05) is 0 Å². The number of hydrogen-bond donors (Lipinski definition) is 5. The van der Waals surface area contributed by atoms with Crippen LogP contribution in [-0.4, -0.2) is 44.0 Å². The van der Waals surface area contributed by atoms with E-state index in [0.29, 0.717) is 0 Å². The SMILES string of the molecule is O=C(O)CC(c1ccccc1)C(O)(C(=O)O)C(=O)NO. The molecule has 1 aromatic carbocycles. The van der Waals surface area contributed by atoms with Gasteiger partial charge in [-0.05, 0) is 5.56 Å². The monoisotopic (exact) mass is 283 g/mol. The standard InChI is InChI=1S/C12H13NO7/c14-9(15)6-8(7-4-2-1-3-5-7)12(19,11(17)18)10(16)13-20/h1-5,8,19-20H,6H2,(H,13,16)(H,14,15)(H,17,18). The summed E-state index contributed by atoms with van der Waals surface area (Å²) in [6, 6.07) is 7.37. The maximum absolute atomic E-state index is 11.5. The van der Waals surface area contributed by atoms with Gasteiger partial charge in [0.2, 0.25) is 0 Å². The predicted octanol–water partition coefficient (Wildman–Crippen LogP) is -0.434. The highest BCUT2D eigenvalue weighted by Crippen LogP contribution is 2.32. The lowest BCUT2D eigenvalue weighted by Crippen LogP contribution is -2.56. The minimum Gasteiger partial charge on any atom is -0.481 e. The molecule has 0 aliphatic rings. The van der Waals surface area contributed by atoms with Gasteiger partial charge in [-0.1, -0.05) is 30.3 Å². The Morgan fingerprint density at radius 3 is 2.10 bits per heavy atom. The number of aliphatic carboxylic acids is 2. The van der Waals surface area contributed by atoms with Crippen molar-refractivity contribution >= 4 is 17.8 Å². The molecule has 8 heteroatoms. The Kier molecular flexibility index (Phi) is 4.78. The number of carbonyl (C=O) groups excluding carboxylic acids is 1. The average Bonchev–Trinajstić information content (AvgIpc) is 2.43. The molecule has 1 amide bonds. The van der Waals surface area contributed by atoms with Crippen LogP contribution in [0.2, 0.25) is 0 Å². The molecular weight excluding hydrogens is 270 g/mol. The fourth-order valence-corrected chi connectivity index (χ4v) is 1.86. The van der Waals surface area contributed by atoms with Crippen molar-refractivity contribution in [3.63, 3.8) is 0 Å². The number of carboxylic acids is 2. The zero-order chi connectivity index (χ0) is 15.3. The van der Waals surface area contributed by atoms with E-state index in [4.69, 9.17) is 15.4 Å². The Morgan fingerprint density at radius 2 is 1.70 bits per heavy atom. The van der Waals surface area contributed by atoms with Crippen LogP contribution in [0.5, 0.6) is 0 Å². The maximum Gasteiger partial charge on any atom is 0.346 e. The lowest BCUT2D eigenvalue weighted by molar-refractivity contribution is -0.174. The van der Waals surface area contributed by atoms with Gasteiger partial charge in [0.1, 0.15) is 0 Å². The highest BCUT2D eigenvalue weighted by molar-refractivity contribution is 6.06. The van der Waals surface area contributed by atoms with Gasteiger partial charge in [-0.3, -0.25) is 14.8 Å². The van der Waals surface area contributed by atoms with Crippen molar-refractivity contribution in [3.05, 3.63) is 35.9 Å². The first-order chi connectivity index (χ1) is 9.33. The summed E-state index contributed by atoms with van der Waals surface area (Å²) in [5.41, 5.74) is -1.91. The van der Waals surface area contributed by atoms with E-state index in [1.165, 1.54) is 24.3 Å². The summed E-state index contributed by atoms with van der Waals surface area (Å²) >= 11 is 0. The zero-order valence-electron chi connectivity index (χ0n) is 10.2. The lowest BCUT2D eigenvalue weighted by Gasteiger charge is -2.29. The molecule has 108 valence electrons. The van der Waals surface area contributed by atoms with Crippen molar-refractivity contribution in [3.8, 4) is 0 Å². The van der Waals surface area contributed by atoms with Crippen LogP contribution in [0.3, 0.4) is 0 Å². The van der Waals surface area contributed by atoms with E-state index in [1.54, 1.807) is 6.07 Å². The van der Waals surface area contributed by atoms with Crippen LogP contribution in [0.15, 0.2) is 30.3 Å². The second kappa shape index (κ2) is 6.13. The molecule has 1 aromatic rings. The average molecular weight is 283 g/mol. The van der Waals surface area contributed by atoms with Crippen molar-refractivity contribution < 1.29 is 34.9 Å². The summed E-state index contributed by atoms with van der Waals surface area (Å²) in [6.07, 6.45) is -0.805. The van der Waals surface area contributed by atoms with Gasteiger partial charge in [0.25, 0.3) is 11.5 Å². The van der Waals surface area contributed by atoms with Crippen LogP contribution < -0.4 is 5.48 Å². The molecule has 2 atom stereocenters. The summed E-state index contributed by atoms with van der Waals surface area (Å²) in [4.78, 5) is 33.6. The van der Waals surface area contributed by atoms with Crippen LogP contribution in [0.1, 0.15) is 17.9 Å². The number of nitrogens with one attached hydrogen (secondary N) is 1. The summed E-state index contributed by atoms with van der Waals surface area (Å²) in [7, 11) is 0. The summed E-state index contributed by atoms with van der Waals surface area (Å²) in [5, 5.41) is 36.6. The van der Waals surface area contributed by atoms with E-state index in [2.05, 4.69) is 0 Å². The molecule has 0 aromatic heterocycles. The molecule has 1 rings (SSSR count). The number of aliphatic hydroxyl groups is 1. The largest absolute Gasteiger partial charge is 0.481 e. The van der Waals surface area contributed by atoms with Crippen LogP contribution in [0, 0.1) is 0 Å². The van der Waals surface area contributed by atoms with Crippen molar-refractivity contribution in [2.24, 2.45) is 0 Å². The van der Waals surface area contributed by atoms with Crippen LogP contribution in [0.4, 0.5) is 0 Å². The molecule has 5 N–H and O–H groups in total. The molecule has 0 heterocycles. The molecule has 0 aliphatic carbocycles. The predicted molar refractivity (Wildman–Crippen MR) is 64.0 cm³/mol. The van der Waals surface area contributed by atoms with Gasteiger partial charge in [0.05, 0.1) is 6.42 Å². The summed E-state index contributed by atoms with van der Waals surface area (Å²) < 4.78 is 0. The third-order valence-electron chi connectivity index (χ3n) is 2.86. The minimum atomic E-state index is -3.10. The van der Waals surface area contributed by atoms with Gasteiger partial charge in [0.15, 0.2) is 0 Å². The Balaban J connectivity index is 3.37. The first-order valence-corrected chi connectivity index (χ1v) is 5.51. The normalized spacial score (nSPS) is 14.9. The van der Waals surface area contributed by atoms with Crippen LogP contribution in [0.25, 0.3) is 0 Å². The van der Waals surface area contributed by atoms with Crippen LogP contribution in [-0.2, 0) is 14.4 Å². The van der Waals surface area contributed by atoms with Gasteiger partial charge >= 0.3 is 11.9 Å². The van der Waals surface area contributed by atoms with Crippen molar-refractivity contribution in [2.75, 3.05) is 0 Å². The van der Waals surface area contributed by atoms with Gasteiger partial charge in [0, 0.05) is 5.92 Å². The second-order valence-corrected chi connectivity index (χ2v) is 4.07. The molecule has 0 radical (unpaired) electrons. The number of hydroxylamine groups is 1. The number of rotatable bonds is 6. The highest BCUT2D eigenvalue weighted by Gasteiger charge is 2.52. The maximum atomic E-state index is 11.5. The molecule has 0 spiro atoms. The number of carboxylic acid groups (broad SMARTS) is 2. The smallest absolute Gasteiger partial charge is 0.346 e. The van der Waals surface area contributed by atoms with E-state index in [9.17, 15) is 19.5 Å². The Labute approximate surface area is 113 Å². The van der Waals surface area contributed by atoms with Crippen LogP contribution >= 0.6 is 0 Å². The number of carbonyl (C=O) groups is 3. The number of amides is 1. The first kappa shape index (κ1) is 15.6. The Hall–Kier alpha value is -2.45. The summed E-state index contributed by atoms with van der Waals surface area (Å²) in [5.74, 6) is -6.53. The molecule has 0 saturated carbocycles. The molecule has 20 heavy (non-hydrogen) atoms. The molecule has 0 fully saturated rings. The first-order valence-electron chi connectivity index (χ1n) is 5.51. The molecule has 8 nitrogen and oxygen atoms in total. The van der Waals surface area contributed by atoms with Crippen molar-refractivity contribution in [1.29, 1.82) is 0 Å². The van der Waals surface area contributed by atoms with E-state index in [0.717, 1.165) is 5.48 Å². The van der Waals surface area contributed by atoms with Gasteiger partial charge in [-0.2, -0.15) is 0 Å². The van der Waals surface area contributed by atoms with Gasteiger partial charge in [-0.15, -0.1) is 0 Å². The van der Waals surface area contributed by atoms with Gasteiger partial charge < -0.3 is 15.3 Å². The lowest BCUT2D eigenvalue weighted by atomic mass is 9.79. The van der Waals surface area contributed by atoms with E-state index >= 15 is 0 Å². The molecule has 0 saturated heterocycles. The van der Waals surface area contributed by atoms with Crippen molar-refractivity contribution in [2.45, 2.75) is 17.9 Å². The minimum absolute atomic E-state index is 0.142. The molecule has 0 aliphatic heterocycles. The second-order valence-electron chi connectivity index (χ2n) is 4.07. The topological polar surface area (TPSA) is 144 Å². The van der Waals surface area contributed by atoms with Gasteiger partial charge in [-0.25, -0.2) is 10.3 Å². The highest BCUT2D eigenvalue weighted by atomic mass is 16.5. The molecule has 0 bridgehead atoms. The van der Waals surface area contributed by atoms with E-state index < -0.39 is 35.8 Å². The number of hydrogen-bond acceptors (Lipinski definition) is 5.